The monoisotopic (exact) mass is 491 g/mol. The zero-order chi connectivity index (χ0) is 25.6. The fourth-order valence-corrected chi connectivity index (χ4v) is 5.36. The summed E-state index contributed by atoms with van der Waals surface area (Å²) < 4.78 is 27.2. The molecule has 4 aromatic rings. The van der Waals surface area contributed by atoms with E-state index in [9.17, 15) is 24.5 Å². The minimum Gasteiger partial charge on any atom is -0.507 e. The predicted molar refractivity (Wildman–Crippen MR) is 133 cm³/mol. The topological polar surface area (TPSA) is 101 Å². The molecule has 1 aliphatic rings. The van der Waals surface area contributed by atoms with Gasteiger partial charge in [0, 0.05) is 40.9 Å². The van der Waals surface area contributed by atoms with Crippen LogP contribution in [0.1, 0.15) is 35.3 Å². The Hall–Kier alpha value is -4.04. The van der Waals surface area contributed by atoms with Crippen LogP contribution in [-0.4, -0.2) is 46.7 Å². The Labute approximate surface area is 206 Å². The number of fused-ring (bicyclic) bond motifs is 1. The lowest BCUT2D eigenvalue weighted by molar-refractivity contribution is 0.0693. The van der Waals surface area contributed by atoms with Crippen molar-refractivity contribution in [1.29, 1.82) is 0 Å². The van der Waals surface area contributed by atoms with Crippen LogP contribution in [0.2, 0.25) is 0 Å². The minimum absolute atomic E-state index is 0.0327. The van der Waals surface area contributed by atoms with Gasteiger partial charge in [-0.15, -0.1) is 0 Å². The fraction of sp³-hybridized carbons (Fsp3) is 0.250. The highest BCUT2D eigenvalue weighted by molar-refractivity contribution is 6.04. The van der Waals surface area contributed by atoms with Gasteiger partial charge in [-0.3, -0.25) is 0 Å². The number of methoxy groups -OCH3 is 2. The molecule has 3 aromatic carbocycles. The van der Waals surface area contributed by atoms with E-state index in [1.807, 2.05) is 10.6 Å². The first-order valence-corrected chi connectivity index (χ1v) is 11.6. The molecule has 7 nitrogen and oxygen atoms in total. The third-order valence-electron chi connectivity index (χ3n) is 7.12. The Morgan fingerprint density at radius 1 is 1.06 bits per heavy atom. The average molecular weight is 492 g/mol. The number of carbonyl (C=O) groups is 1. The van der Waals surface area contributed by atoms with Crippen molar-refractivity contribution in [3.63, 3.8) is 0 Å². The molecule has 0 bridgehead atoms. The fourth-order valence-electron chi connectivity index (χ4n) is 5.36. The van der Waals surface area contributed by atoms with Crippen LogP contribution < -0.4 is 4.74 Å². The first-order valence-electron chi connectivity index (χ1n) is 11.6. The molecule has 5 rings (SSSR count). The van der Waals surface area contributed by atoms with Gasteiger partial charge >= 0.3 is 5.97 Å². The second-order valence-corrected chi connectivity index (χ2v) is 9.15. The van der Waals surface area contributed by atoms with Gasteiger partial charge in [0.05, 0.1) is 19.2 Å². The van der Waals surface area contributed by atoms with Gasteiger partial charge in [-0.1, -0.05) is 18.6 Å². The highest BCUT2D eigenvalue weighted by Gasteiger charge is 2.44. The third kappa shape index (κ3) is 3.56. The molecular weight excluding hydrogens is 465 g/mol. The molecule has 8 heteroatoms. The number of halogens is 1. The molecule has 3 N–H and O–H groups in total. The van der Waals surface area contributed by atoms with Crippen molar-refractivity contribution in [1.82, 2.24) is 4.57 Å². The third-order valence-corrected chi connectivity index (χ3v) is 7.12. The number of phenolic OH excluding ortho intramolecular Hbond substituents is 1. The van der Waals surface area contributed by atoms with Crippen molar-refractivity contribution in [2.24, 2.45) is 0 Å². The van der Waals surface area contributed by atoms with E-state index in [4.69, 9.17) is 9.47 Å². The maximum atomic E-state index is 14.3. The normalized spacial score (nSPS) is 14.5. The summed E-state index contributed by atoms with van der Waals surface area (Å²) in [4.78, 5) is 11.5. The number of aromatic hydroxyl groups is 2. The molecule has 0 amide bonds. The van der Waals surface area contributed by atoms with Crippen LogP contribution in [0.4, 0.5) is 4.39 Å². The van der Waals surface area contributed by atoms with Gasteiger partial charge in [0.2, 0.25) is 0 Å². The minimum atomic E-state index is -1.24. The van der Waals surface area contributed by atoms with Gasteiger partial charge < -0.3 is 29.4 Å². The summed E-state index contributed by atoms with van der Waals surface area (Å²) in [6.45, 7) is 0.411. The van der Waals surface area contributed by atoms with Crippen LogP contribution in [0.5, 0.6) is 17.2 Å². The van der Waals surface area contributed by atoms with Crippen molar-refractivity contribution in [3.05, 3.63) is 71.7 Å². The van der Waals surface area contributed by atoms with Gasteiger partial charge in [-0.05, 0) is 54.8 Å². The summed E-state index contributed by atoms with van der Waals surface area (Å²) in [6.07, 6.45) is 2.62. The summed E-state index contributed by atoms with van der Waals surface area (Å²) in [7, 11) is 3.04. The van der Waals surface area contributed by atoms with Crippen molar-refractivity contribution in [2.75, 3.05) is 20.8 Å². The highest BCUT2D eigenvalue weighted by atomic mass is 19.1. The lowest BCUT2D eigenvalue weighted by Gasteiger charge is -2.43. The number of hydrogen-bond donors (Lipinski definition) is 3. The van der Waals surface area contributed by atoms with Crippen LogP contribution in [0.3, 0.4) is 0 Å². The van der Waals surface area contributed by atoms with E-state index in [1.54, 1.807) is 37.4 Å². The van der Waals surface area contributed by atoms with Crippen molar-refractivity contribution in [2.45, 2.75) is 24.7 Å². The number of carboxylic acid groups (broad SMARTS) is 1. The van der Waals surface area contributed by atoms with Crippen LogP contribution in [0.15, 0.2) is 54.6 Å². The largest absolute Gasteiger partial charge is 0.507 e. The number of phenols is 2. The summed E-state index contributed by atoms with van der Waals surface area (Å²) in [6, 6.07) is 14.2. The number of rotatable bonds is 7. The van der Waals surface area contributed by atoms with Gasteiger partial charge in [0.1, 0.15) is 17.1 Å². The molecule has 0 saturated heterocycles. The summed E-state index contributed by atoms with van der Waals surface area (Å²) in [5.41, 5.74) is 2.73. The number of carboxylic acids is 1. The molecule has 186 valence electrons. The van der Waals surface area contributed by atoms with E-state index in [0.29, 0.717) is 34.3 Å². The number of nitrogens with zero attached hydrogens (tertiary/aromatic N) is 1. The van der Waals surface area contributed by atoms with E-state index >= 15 is 0 Å². The quantitative estimate of drug-likeness (QED) is 0.310. The summed E-state index contributed by atoms with van der Waals surface area (Å²) in [5, 5.41) is 31.5. The molecule has 1 saturated carbocycles. The van der Waals surface area contributed by atoms with E-state index in [0.717, 1.165) is 25.0 Å². The molecular formula is C28H26FNO6. The van der Waals surface area contributed by atoms with E-state index in [-0.39, 0.29) is 22.8 Å². The zero-order valence-corrected chi connectivity index (χ0v) is 19.9. The standard InChI is InChI=1S/C28H26FNO6/c1-35-15-28(11-4-12-28)26-24(16-7-9-18(27(33)34)22(32)13-16)25-20(5-3-6-21(25)31)30(26)17-8-10-19(29)23(14-17)36-2/h3,5-10,13-14,31-32H,4,11-12,15H2,1-2H3,(H,33,34). The average Bonchev–Trinajstić information content (AvgIpc) is 3.18. The lowest BCUT2D eigenvalue weighted by Crippen LogP contribution is -2.41. The molecule has 1 fully saturated rings. The molecule has 36 heavy (non-hydrogen) atoms. The van der Waals surface area contributed by atoms with Gasteiger partial charge in [0.15, 0.2) is 11.6 Å². The number of hydrogen-bond acceptors (Lipinski definition) is 5. The second kappa shape index (κ2) is 8.87. The van der Waals surface area contributed by atoms with Gasteiger partial charge in [-0.2, -0.15) is 0 Å². The van der Waals surface area contributed by atoms with Crippen molar-refractivity contribution >= 4 is 16.9 Å². The van der Waals surface area contributed by atoms with Gasteiger partial charge in [-0.25, -0.2) is 9.18 Å². The SMILES string of the molecule is COCC1(c2c(-c3ccc(C(=O)O)c(O)c3)c3c(O)cccc3n2-c2ccc(F)c(OC)c2)CCC1. The zero-order valence-electron chi connectivity index (χ0n) is 19.9. The first-order chi connectivity index (χ1) is 17.3. The number of benzene rings is 3. The molecule has 0 spiro atoms. The Balaban J connectivity index is 1.93. The van der Waals surface area contributed by atoms with Crippen LogP contribution in [0, 0.1) is 5.82 Å². The molecule has 0 unspecified atom stereocenters. The number of aromatic nitrogens is 1. The Kier molecular flexibility index (Phi) is 5.84. The molecule has 0 atom stereocenters. The summed E-state index contributed by atoms with van der Waals surface area (Å²) in [5.74, 6) is -1.99. The Morgan fingerprint density at radius 3 is 2.44 bits per heavy atom. The number of aromatic carboxylic acids is 1. The number of ether oxygens (including phenoxy) is 2. The maximum Gasteiger partial charge on any atom is 0.339 e. The van der Waals surface area contributed by atoms with E-state index in [2.05, 4.69) is 0 Å². The van der Waals surface area contributed by atoms with E-state index < -0.39 is 17.2 Å². The van der Waals surface area contributed by atoms with Gasteiger partial charge in [0.25, 0.3) is 0 Å². The molecule has 0 radical (unpaired) electrons. The predicted octanol–water partition coefficient (Wildman–Crippen LogP) is 5.62. The van der Waals surface area contributed by atoms with E-state index in [1.165, 1.54) is 25.3 Å². The molecule has 1 aromatic heterocycles. The van der Waals surface area contributed by atoms with Crippen LogP contribution in [0.25, 0.3) is 27.7 Å². The Bertz CT molecular complexity index is 1490. The van der Waals surface area contributed by atoms with Crippen LogP contribution in [-0.2, 0) is 10.2 Å². The molecule has 0 aliphatic heterocycles. The second-order valence-electron chi connectivity index (χ2n) is 9.15. The molecule has 1 aliphatic carbocycles. The smallest absolute Gasteiger partial charge is 0.339 e. The van der Waals surface area contributed by atoms with Crippen molar-refractivity contribution < 1.29 is 34.0 Å². The first kappa shape index (κ1) is 23.7. The molecule has 1 heterocycles. The lowest BCUT2D eigenvalue weighted by atomic mass is 9.65. The Morgan fingerprint density at radius 2 is 1.83 bits per heavy atom. The summed E-state index contributed by atoms with van der Waals surface area (Å²) >= 11 is 0. The van der Waals surface area contributed by atoms with Crippen LogP contribution >= 0.6 is 0 Å². The highest BCUT2D eigenvalue weighted by Crippen LogP contribution is 2.53. The maximum absolute atomic E-state index is 14.3. The van der Waals surface area contributed by atoms with Crippen molar-refractivity contribution in [3.8, 4) is 34.1 Å².